The summed E-state index contributed by atoms with van der Waals surface area (Å²) in [6, 6.07) is 15.1. The normalized spacial score (nSPS) is 16.5. The molecule has 2 aromatic carbocycles. The number of amides is 1. The Balaban J connectivity index is 1.48. The first-order valence-electron chi connectivity index (χ1n) is 9.97. The third kappa shape index (κ3) is 6.21. The predicted molar refractivity (Wildman–Crippen MR) is 112 cm³/mol. The standard InChI is InChI=1S/C23H27N3O4/c1-17-14-26(8-9-29-17)15-20-5-3-4-19(10-20)13-25-23(27)16-30-21-7-6-18(12-24)11-22(21)28-2/h3-7,10-11,17H,8-9,13-16H2,1-2H3,(H,25,27). The number of nitriles is 1. The summed E-state index contributed by atoms with van der Waals surface area (Å²) in [5, 5.41) is 11.8. The van der Waals surface area contributed by atoms with Gasteiger partial charge in [-0.05, 0) is 30.2 Å². The van der Waals surface area contributed by atoms with E-state index >= 15 is 0 Å². The van der Waals surface area contributed by atoms with Crippen LogP contribution in [0.15, 0.2) is 42.5 Å². The smallest absolute Gasteiger partial charge is 0.258 e. The Kier molecular flexibility index (Phi) is 7.66. The van der Waals surface area contributed by atoms with Gasteiger partial charge in [-0.3, -0.25) is 9.69 Å². The summed E-state index contributed by atoms with van der Waals surface area (Å²) >= 11 is 0. The summed E-state index contributed by atoms with van der Waals surface area (Å²) in [5.74, 6) is 0.620. The molecule has 1 saturated heterocycles. The fraction of sp³-hybridized carbons (Fsp3) is 0.391. The van der Waals surface area contributed by atoms with E-state index in [9.17, 15) is 4.79 Å². The Morgan fingerprint density at radius 3 is 2.87 bits per heavy atom. The molecule has 0 radical (unpaired) electrons. The van der Waals surface area contributed by atoms with Crippen molar-refractivity contribution >= 4 is 5.91 Å². The first kappa shape index (κ1) is 21.6. The van der Waals surface area contributed by atoms with Crippen LogP contribution < -0.4 is 14.8 Å². The average Bonchev–Trinajstić information content (AvgIpc) is 2.76. The van der Waals surface area contributed by atoms with Crippen LogP contribution in [-0.4, -0.2) is 50.3 Å². The third-order valence-corrected chi connectivity index (χ3v) is 4.86. The maximum absolute atomic E-state index is 12.2. The van der Waals surface area contributed by atoms with E-state index in [0.717, 1.165) is 31.8 Å². The van der Waals surface area contributed by atoms with Gasteiger partial charge in [-0.25, -0.2) is 0 Å². The molecular formula is C23H27N3O4. The molecule has 0 spiro atoms. The van der Waals surface area contributed by atoms with Gasteiger partial charge < -0.3 is 19.5 Å². The molecule has 0 aromatic heterocycles. The van der Waals surface area contributed by atoms with E-state index < -0.39 is 0 Å². The number of hydrogen-bond acceptors (Lipinski definition) is 6. The second kappa shape index (κ2) is 10.6. The molecule has 158 valence electrons. The largest absolute Gasteiger partial charge is 0.493 e. The van der Waals surface area contributed by atoms with Gasteiger partial charge in [0.05, 0.1) is 31.5 Å². The van der Waals surface area contributed by atoms with Crippen LogP contribution in [0, 0.1) is 11.3 Å². The summed E-state index contributed by atoms with van der Waals surface area (Å²) in [7, 11) is 1.49. The lowest BCUT2D eigenvalue weighted by atomic mass is 10.1. The SMILES string of the molecule is COc1cc(C#N)ccc1OCC(=O)NCc1cccc(CN2CCOC(C)C2)c1. The quantitative estimate of drug-likeness (QED) is 0.721. The Bertz CT molecular complexity index is 910. The van der Waals surface area contributed by atoms with E-state index in [1.54, 1.807) is 18.2 Å². The molecule has 1 aliphatic rings. The number of rotatable bonds is 8. The highest BCUT2D eigenvalue weighted by Crippen LogP contribution is 2.27. The zero-order valence-electron chi connectivity index (χ0n) is 17.4. The van der Waals surface area contributed by atoms with Crippen LogP contribution in [0.4, 0.5) is 0 Å². The van der Waals surface area contributed by atoms with Crippen molar-refractivity contribution < 1.29 is 19.0 Å². The Morgan fingerprint density at radius 2 is 2.10 bits per heavy atom. The van der Waals surface area contributed by atoms with Crippen LogP contribution in [-0.2, 0) is 22.6 Å². The van der Waals surface area contributed by atoms with E-state index in [1.807, 2.05) is 18.2 Å². The second-order valence-corrected chi connectivity index (χ2v) is 7.28. The van der Waals surface area contributed by atoms with Crippen LogP contribution in [0.3, 0.4) is 0 Å². The predicted octanol–water partition coefficient (Wildman–Crippen LogP) is 2.48. The van der Waals surface area contributed by atoms with E-state index in [-0.39, 0.29) is 18.6 Å². The molecule has 1 N–H and O–H groups in total. The summed E-state index contributed by atoms with van der Waals surface area (Å²) in [6.45, 7) is 5.89. The highest BCUT2D eigenvalue weighted by molar-refractivity contribution is 5.77. The molecule has 3 rings (SSSR count). The number of methoxy groups -OCH3 is 1. The van der Waals surface area contributed by atoms with Crippen molar-refractivity contribution in [3.63, 3.8) is 0 Å². The number of carbonyl (C=O) groups is 1. The van der Waals surface area contributed by atoms with E-state index in [4.69, 9.17) is 19.5 Å². The van der Waals surface area contributed by atoms with Gasteiger partial charge in [0, 0.05) is 32.2 Å². The molecule has 7 heteroatoms. The van der Waals surface area contributed by atoms with Crippen LogP contribution >= 0.6 is 0 Å². The highest BCUT2D eigenvalue weighted by Gasteiger charge is 2.16. The second-order valence-electron chi connectivity index (χ2n) is 7.28. The number of hydrogen-bond donors (Lipinski definition) is 1. The van der Waals surface area contributed by atoms with Gasteiger partial charge in [-0.15, -0.1) is 0 Å². The minimum atomic E-state index is -0.228. The van der Waals surface area contributed by atoms with Crippen molar-refractivity contribution in [3.05, 3.63) is 59.2 Å². The van der Waals surface area contributed by atoms with E-state index in [2.05, 4.69) is 29.3 Å². The molecule has 1 atom stereocenters. The summed E-state index contributed by atoms with van der Waals surface area (Å²) in [4.78, 5) is 14.6. The molecule has 0 bridgehead atoms. The topological polar surface area (TPSA) is 83.8 Å². The Labute approximate surface area is 177 Å². The average molecular weight is 409 g/mol. The first-order valence-corrected chi connectivity index (χ1v) is 9.97. The molecule has 1 fully saturated rings. The van der Waals surface area contributed by atoms with Crippen molar-refractivity contribution in [1.29, 1.82) is 5.26 Å². The monoisotopic (exact) mass is 409 g/mol. The number of ether oxygens (including phenoxy) is 3. The molecule has 30 heavy (non-hydrogen) atoms. The first-order chi connectivity index (χ1) is 14.6. The zero-order chi connectivity index (χ0) is 21.3. The number of nitrogens with zero attached hydrogens (tertiary/aromatic N) is 2. The van der Waals surface area contributed by atoms with Crippen molar-refractivity contribution in [1.82, 2.24) is 10.2 Å². The van der Waals surface area contributed by atoms with Crippen molar-refractivity contribution in [2.24, 2.45) is 0 Å². The van der Waals surface area contributed by atoms with Gasteiger partial charge in [-0.2, -0.15) is 5.26 Å². The van der Waals surface area contributed by atoms with Crippen LogP contribution in [0.25, 0.3) is 0 Å². The number of benzene rings is 2. The molecule has 0 saturated carbocycles. The Hall–Kier alpha value is -3.08. The van der Waals surface area contributed by atoms with Gasteiger partial charge >= 0.3 is 0 Å². The van der Waals surface area contributed by atoms with E-state index in [1.165, 1.54) is 12.7 Å². The van der Waals surface area contributed by atoms with Gasteiger partial charge in [0.25, 0.3) is 5.91 Å². The maximum Gasteiger partial charge on any atom is 0.258 e. The van der Waals surface area contributed by atoms with Crippen molar-refractivity contribution in [3.8, 4) is 17.6 Å². The molecule has 1 heterocycles. The maximum atomic E-state index is 12.2. The molecule has 1 amide bonds. The summed E-state index contributed by atoms with van der Waals surface area (Å²) in [5.41, 5.74) is 2.72. The van der Waals surface area contributed by atoms with Gasteiger partial charge in [0.15, 0.2) is 18.1 Å². The lowest BCUT2D eigenvalue weighted by Gasteiger charge is -2.31. The zero-order valence-corrected chi connectivity index (χ0v) is 17.4. The molecule has 1 unspecified atom stereocenters. The van der Waals surface area contributed by atoms with Crippen molar-refractivity contribution in [2.45, 2.75) is 26.1 Å². The lowest BCUT2D eigenvalue weighted by molar-refractivity contribution is -0.123. The number of morpholine rings is 1. The summed E-state index contributed by atoms with van der Waals surface area (Å²) in [6.07, 6.45) is 0.260. The van der Waals surface area contributed by atoms with Crippen molar-refractivity contribution in [2.75, 3.05) is 33.4 Å². The van der Waals surface area contributed by atoms with Gasteiger partial charge in [-0.1, -0.05) is 24.3 Å². The molecular weight excluding hydrogens is 382 g/mol. The third-order valence-electron chi connectivity index (χ3n) is 4.86. The molecule has 2 aromatic rings. The highest BCUT2D eigenvalue weighted by atomic mass is 16.5. The van der Waals surface area contributed by atoms with Gasteiger partial charge in [0.2, 0.25) is 0 Å². The molecule has 0 aliphatic carbocycles. The van der Waals surface area contributed by atoms with Crippen LogP contribution in [0.1, 0.15) is 23.6 Å². The number of carbonyl (C=O) groups excluding carboxylic acids is 1. The fourth-order valence-electron chi connectivity index (χ4n) is 3.38. The summed E-state index contributed by atoms with van der Waals surface area (Å²) < 4.78 is 16.4. The molecule has 7 nitrogen and oxygen atoms in total. The lowest BCUT2D eigenvalue weighted by Crippen LogP contribution is -2.40. The number of nitrogens with one attached hydrogen (secondary N) is 1. The van der Waals surface area contributed by atoms with Crippen LogP contribution in [0.2, 0.25) is 0 Å². The Morgan fingerprint density at radius 1 is 1.27 bits per heavy atom. The van der Waals surface area contributed by atoms with E-state index in [0.29, 0.717) is 23.6 Å². The fourth-order valence-corrected chi connectivity index (χ4v) is 3.38. The minimum Gasteiger partial charge on any atom is -0.493 e. The minimum absolute atomic E-state index is 0.131. The molecule has 1 aliphatic heterocycles. The van der Waals surface area contributed by atoms with Crippen LogP contribution in [0.5, 0.6) is 11.5 Å². The van der Waals surface area contributed by atoms with Gasteiger partial charge in [0.1, 0.15) is 0 Å².